The van der Waals surface area contributed by atoms with Crippen molar-refractivity contribution in [1.29, 1.82) is 5.26 Å². The molecule has 0 N–H and O–H groups in total. The number of hydrogen-bond donors (Lipinski definition) is 0. The van der Waals surface area contributed by atoms with E-state index in [0.717, 1.165) is 88.4 Å². The van der Waals surface area contributed by atoms with E-state index in [4.69, 9.17) is 0 Å². The molecule has 0 radical (unpaired) electrons. The Balaban J connectivity index is 1.27. The molecule has 354 valence electrons. The van der Waals surface area contributed by atoms with Crippen LogP contribution in [0.4, 0.5) is 0 Å². The summed E-state index contributed by atoms with van der Waals surface area (Å²) in [5.41, 5.74) is 27.6. The van der Waals surface area contributed by atoms with E-state index in [0.29, 0.717) is 5.56 Å². The topological polar surface area (TPSA) is 46.0 Å². The Morgan fingerprint density at radius 2 is 0.712 bits per heavy atom. The first-order valence-corrected chi connectivity index (χ1v) is 25.2. The van der Waals surface area contributed by atoms with E-state index in [1.165, 1.54) is 66.8 Å². The van der Waals surface area contributed by atoms with Crippen molar-refractivity contribution < 1.29 is 0 Å². The lowest BCUT2D eigenvalue weighted by Crippen LogP contribution is -2.06. The first kappa shape index (κ1) is 46.6. The van der Waals surface area contributed by atoms with Crippen molar-refractivity contribution in [2.75, 3.05) is 0 Å². The molecule has 0 aliphatic heterocycles. The summed E-state index contributed by atoms with van der Waals surface area (Å²) in [6.45, 7) is 23.1. The second kappa shape index (κ2) is 18.4. The molecule has 0 spiro atoms. The van der Waals surface area contributed by atoms with Crippen molar-refractivity contribution in [3.8, 4) is 62.0 Å². The maximum atomic E-state index is 11.2. The number of aromatic nitrogens is 2. The molecular formula is C69H58N4. The highest BCUT2D eigenvalue weighted by Crippen LogP contribution is 2.44. The number of rotatable bonds is 9. The lowest BCUT2D eigenvalue weighted by Gasteiger charge is -2.20. The Hall–Kier alpha value is -8.78. The molecule has 2 heterocycles. The van der Waals surface area contributed by atoms with Crippen LogP contribution in [0.3, 0.4) is 0 Å². The van der Waals surface area contributed by atoms with E-state index in [1.54, 1.807) is 6.20 Å². The van der Waals surface area contributed by atoms with Gasteiger partial charge in [-0.25, -0.2) is 0 Å². The lowest BCUT2D eigenvalue weighted by atomic mass is 9.97. The van der Waals surface area contributed by atoms with E-state index in [-0.39, 0.29) is 0 Å². The maximum Gasteiger partial charge on any atom is 0.0998 e. The number of hydrogen-bond acceptors (Lipinski definition) is 2. The molecular weight excluding hydrogens is 885 g/mol. The van der Waals surface area contributed by atoms with Crippen LogP contribution >= 0.6 is 0 Å². The average Bonchev–Trinajstić information content (AvgIpc) is 3.86. The number of aryl methyl sites for hydroxylation is 8. The Labute approximate surface area is 429 Å². The zero-order valence-corrected chi connectivity index (χ0v) is 43.2. The van der Waals surface area contributed by atoms with Crippen LogP contribution in [-0.4, -0.2) is 15.9 Å². The minimum Gasteiger partial charge on any atom is -0.307 e. The number of nitrogens with zero attached hydrogens (tertiary/aromatic N) is 4. The van der Waals surface area contributed by atoms with Crippen LogP contribution in [0.2, 0.25) is 0 Å². The Bertz CT molecular complexity index is 3920. The van der Waals surface area contributed by atoms with Gasteiger partial charge in [0.05, 0.1) is 45.1 Å². The fourth-order valence-electron chi connectivity index (χ4n) is 11.6. The minimum atomic E-state index is 0.559. The molecule has 0 saturated heterocycles. The zero-order chi connectivity index (χ0) is 50.8. The van der Waals surface area contributed by atoms with Gasteiger partial charge in [-0.2, -0.15) is 5.26 Å². The average molecular weight is 943 g/mol. The number of aliphatic imine (C=N–C) groups is 1. The third-order valence-electron chi connectivity index (χ3n) is 14.4. The number of nitriles is 1. The summed E-state index contributed by atoms with van der Waals surface area (Å²) in [5.74, 6) is 0. The normalized spacial score (nSPS) is 12.0. The van der Waals surface area contributed by atoms with Crippen molar-refractivity contribution in [2.24, 2.45) is 4.99 Å². The van der Waals surface area contributed by atoms with E-state index in [1.807, 2.05) is 19.1 Å². The fourth-order valence-corrected chi connectivity index (χ4v) is 11.6. The standard InChI is InChI=1S/C69H58N4/c1-11-49(20-21-71-10)59-39-69(73-66-18-14-52(56-30-45(6)24-46(7)31-56)36-62(66)63-37-53(15-19-67(63)73)57-32-47(8)25-48(9)33-57)68(38-58(59)40-70)72-64-16-12-50(54-26-41(2)22-42(3)27-54)34-60(64)61-35-51(13-17-65(61)72)55-28-43(4)23-44(5)29-55/h11-39H,10H2,1-9H3/b21-20-,49-11+. The van der Waals surface area contributed by atoms with Gasteiger partial charge in [-0.3, -0.25) is 4.99 Å². The Morgan fingerprint density at radius 3 is 0.986 bits per heavy atom. The fraction of sp³-hybridized carbons (Fsp3) is 0.130. The van der Waals surface area contributed by atoms with E-state index >= 15 is 0 Å². The molecule has 0 saturated carbocycles. The van der Waals surface area contributed by atoms with Gasteiger partial charge < -0.3 is 9.13 Å². The first-order valence-electron chi connectivity index (χ1n) is 25.2. The maximum absolute atomic E-state index is 11.2. The summed E-state index contributed by atoms with van der Waals surface area (Å²) in [7, 11) is 0. The van der Waals surface area contributed by atoms with Gasteiger partial charge in [-0.15, -0.1) is 0 Å². The van der Waals surface area contributed by atoms with Crippen LogP contribution in [0.15, 0.2) is 181 Å². The van der Waals surface area contributed by atoms with Gasteiger partial charge in [-0.05, 0) is 186 Å². The van der Waals surface area contributed by atoms with Gasteiger partial charge in [0, 0.05) is 33.3 Å². The van der Waals surface area contributed by atoms with Crippen LogP contribution < -0.4 is 0 Å². The van der Waals surface area contributed by atoms with Crippen LogP contribution in [0.25, 0.3) is 105 Å². The predicted molar refractivity (Wildman–Crippen MR) is 312 cm³/mol. The SMILES string of the molecule is C=N/C=C\C(=C/C)c1cc(-n2c3ccc(-c4cc(C)cc(C)c4)cc3c3cc(-c4cc(C)cc(C)c4)ccc32)c(-n2c3ccc(-c4cc(C)cc(C)c4)cc3c3cc(-c4cc(C)cc(C)c4)ccc32)cc1C#N. The van der Waals surface area contributed by atoms with Crippen molar-refractivity contribution >= 4 is 55.9 Å². The van der Waals surface area contributed by atoms with Gasteiger partial charge in [0.15, 0.2) is 0 Å². The van der Waals surface area contributed by atoms with Gasteiger partial charge >= 0.3 is 0 Å². The highest BCUT2D eigenvalue weighted by atomic mass is 15.1. The molecule has 0 unspecified atom stereocenters. The smallest absolute Gasteiger partial charge is 0.0998 e. The molecule has 11 aromatic rings. The predicted octanol–water partition coefficient (Wildman–Crippen LogP) is 18.5. The molecule has 4 heteroatoms. The minimum absolute atomic E-state index is 0.559. The van der Waals surface area contributed by atoms with Gasteiger partial charge in [0.25, 0.3) is 0 Å². The molecule has 0 amide bonds. The molecule has 9 aromatic carbocycles. The highest BCUT2D eigenvalue weighted by Gasteiger charge is 2.24. The van der Waals surface area contributed by atoms with E-state index in [9.17, 15) is 5.26 Å². The van der Waals surface area contributed by atoms with Crippen LogP contribution in [0.5, 0.6) is 0 Å². The van der Waals surface area contributed by atoms with Crippen LogP contribution in [-0.2, 0) is 0 Å². The lowest BCUT2D eigenvalue weighted by molar-refractivity contribution is 1.09. The molecule has 0 aliphatic carbocycles. The first-order chi connectivity index (χ1) is 35.3. The van der Waals surface area contributed by atoms with Crippen LogP contribution in [0, 0.1) is 66.7 Å². The summed E-state index contributed by atoms with van der Waals surface area (Å²) in [6.07, 6.45) is 5.68. The second-order valence-electron chi connectivity index (χ2n) is 20.3. The summed E-state index contributed by atoms with van der Waals surface area (Å²) in [6, 6.07) is 61.7. The summed E-state index contributed by atoms with van der Waals surface area (Å²) in [5, 5.41) is 15.8. The molecule has 11 rings (SSSR count). The third kappa shape index (κ3) is 8.47. The number of benzene rings is 9. The number of fused-ring (bicyclic) bond motifs is 6. The second-order valence-corrected chi connectivity index (χ2v) is 20.3. The molecule has 4 nitrogen and oxygen atoms in total. The van der Waals surface area contributed by atoms with Crippen molar-refractivity contribution in [3.05, 3.63) is 232 Å². The van der Waals surface area contributed by atoms with Gasteiger partial charge in [0.1, 0.15) is 0 Å². The summed E-state index contributed by atoms with van der Waals surface area (Å²) < 4.78 is 4.82. The monoisotopic (exact) mass is 942 g/mol. The third-order valence-corrected chi connectivity index (χ3v) is 14.4. The molecule has 73 heavy (non-hydrogen) atoms. The largest absolute Gasteiger partial charge is 0.307 e. The molecule has 0 aliphatic rings. The van der Waals surface area contributed by atoms with Crippen molar-refractivity contribution in [1.82, 2.24) is 9.13 Å². The van der Waals surface area contributed by atoms with Crippen molar-refractivity contribution in [3.63, 3.8) is 0 Å². The van der Waals surface area contributed by atoms with Gasteiger partial charge in [0.2, 0.25) is 0 Å². The Kier molecular flexibility index (Phi) is 11.8. The Morgan fingerprint density at radius 1 is 0.411 bits per heavy atom. The summed E-state index contributed by atoms with van der Waals surface area (Å²) >= 11 is 0. The quantitative estimate of drug-likeness (QED) is 0.105. The van der Waals surface area contributed by atoms with Gasteiger partial charge in [-0.1, -0.05) is 148 Å². The molecule has 0 bridgehead atoms. The number of allylic oxidation sites excluding steroid dienone is 3. The van der Waals surface area contributed by atoms with Crippen LogP contribution in [0.1, 0.15) is 62.6 Å². The van der Waals surface area contributed by atoms with E-state index < -0.39 is 0 Å². The van der Waals surface area contributed by atoms with E-state index in [2.05, 4.69) is 240 Å². The molecule has 0 fully saturated rings. The highest BCUT2D eigenvalue weighted by molar-refractivity contribution is 6.14. The molecule has 0 atom stereocenters. The summed E-state index contributed by atoms with van der Waals surface area (Å²) in [4.78, 5) is 4.09. The van der Waals surface area contributed by atoms with Crippen molar-refractivity contribution in [2.45, 2.75) is 62.3 Å². The zero-order valence-electron chi connectivity index (χ0n) is 43.2. The molecule has 2 aromatic heterocycles.